The lowest BCUT2D eigenvalue weighted by Crippen LogP contribution is -1.96. The minimum absolute atomic E-state index is 0.0714. The molecule has 6 heteroatoms. The molecule has 0 aliphatic carbocycles. The first-order valence-electron chi connectivity index (χ1n) is 5.54. The summed E-state index contributed by atoms with van der Waals surface area (Å²) in [5.41, 5.74) is -0.605. The Balaban J connectivity index is 2.98. The normalized spacial score (nSPS) is 12.8. The molecule has 1 aromatic rings. The summed E-state index contributed by atoms with van der Waals surface area (Å²) in [6.45, 7) is 3.33. The van der Waals surface area contributed by atoms with E-state index in [0.717, 1.165) is 6.08 Å². The Hall–Kier alpha value is -1.03. The molecule has 0 aliphatic rings. The van der Waals surface area contributed by atoms with Crippen LogP contribution in [-0.4, -0.2) is 13.2 Å². The van der Waals surface area contributed by atoms with Gasteiger partial charge in [0, 0.05) is 0 Å². The second-order valence-corrected chi connectivity index (χ2v) is 5.29. The predicted octanol–water partition coefficient (Wildman–Crippen LogP) is 4.36. The minimum atomic E-state index is -3.89. The van der Waals surface area contributed by atoms with Gasteiger partial charge in [0.1, 0.15) is 5.82 Å². The third kappa shape index (κ3) is 4.02. The van der Waals surface area contributed by atoms with Crippen molar-refractivity contribution in [1.29, 1.82) is 0 Å². The van der Waals surface area contributed by atoms with Crippen LogP contribution in [-0.2, 0) is 13.6 Å². The molecule has 0 aliphatic heterocycles. The van der Waals surface area contributed by atoms with E-state index >= 15 is 0 Å². The molecule has 0 fully saturated rings. The van der Waals surface area contributed by atoms with Crippen LogP contribution in [0.4, 0.5) is 8.78 Å². The number of benzene rings is 1. The summed E-state index contributed by atoms with van der Waals surface area (Å²) < 4.78 is 48.3. The SMILES string of the molecule is CCOP(=O)(OCC)/C(F)=C\c1ccc(F)cc1. The maximum atomic E-state index is 13.9. The van der Waals surface area contributed by atoms with Crippen molar-refractivity contribution in [2.75, 3.05) is 13.2 Å². The summed E-state index contributed by atoms with van der Waals surface area (Å²) in [4.78, 5) is 0. The van der Waals surface area contributed by atoms with E-state index in [9.17, 15) is 13.3 Å². The van der Waals surface area contributed by atoms with Crippen LogP contribution < -0.4 is 0 Å². The lowest BCUT2D eigenvalue weighted by atomic mass is 10.2. The topological polar surface area (TPSA) is 35.5 Å². The fraction of sp³-hybridized carbons (Fsp3) is 0.333. The van der Waals surface area contributed by atoms with Crippen LogP contribution in [0.2, 0.25) is 0 Å². The van der Waals surface area contributed by atoms with Gasteiger partial charge < -0.3 is 9.05 Å². The highest BCUT2D eigenvalue weighted by Crippen LogP contribution is 2.57. The van der Waals surface area contributed by atoms with Crippen molar-refractivity contribution >= 4 is 13.7 Å². The van der Waals surface area contributed by atoms with Crippen LogP contribution in [0.5, 0.6) is 0 Å². The average molecular weight is 276 g/mol. The van der Waals surface area contributed by atoms with Crippen molar-refractivity contribution in [3.05, 3.63) is 41.2 Å². The molecule has 0 amide bonds. The third-order valence-corrected chi connectivity index (χ3v) is 3.86. The summed E-state index contributed by atoms with van der Waals surface area (Å²) >= 11 is 0. The molecule has 0 atom stereocenters. The van der Waals surface area contributed by atoms with Crippen LogP contribution >= 0.6 is 7.60 Å². The smallest absolute Gasteiger partial charge is 0.304 e. The lowest BCUT2D eigenvalue weighted by Gasteiger charge is -2.14. The Kier molecular flexibility index (Phi) is 5.66. The molecule has 1 aromatic carbocycles. The first kappa shape index (κ1) is 15.0. The van der Waals surface area contributed by atoms with Gasteiger partial charge >= 0.3 is 7.60 Å². The highest BCUT2D eigenvalue weighted by atomic mass is 31.2. The Morgan fingerprint density at radius 1 is 1.22 bits per heavy atom. The zero-order chi connectivity index (χ0) is 13.6. The molecular formula is C12H15F2O3P. The zero-order valence-electron chi connectivity index (χ0n) is 10.2. The second-order valence-electron chi connectivity index (χ2n) is 3.35. The van der Waals surface area contributed by atoms with Crippen molar-refractivity contribution in [2.24, 2.45) is 0 Å². The van der Waals surface area contributed by atoms with E-state index in [1.807, 2.05) is 0 Å². The highest BCUT2D eigenvalue weighted by Gasteiger charge is 2.30. The van der Waals surface area contributed by atoms with Crippen molar-refractivity contribution in [3.8, 4) is 0 Å². The first-order valence-corrected chi connectivity index (χ1v) is 7.08. The highest BCUT2D eigenvalue weighted by molar-refractivity contribution is 7.58. The predicted molar refractivity (Wildman–Crippen MR) is 66.3 cm³/mol. The Labute approximate surface area is 105 Å². The molecule has 1 rings (SSSR count). The van der Waals surface area contributed by atoms with Crippen molar-refractivity contribution < 1.29 is 22.4 Å². The van der Waals surface area contributed by atoms with Gasteiger partial charge in [0.25, 0.3) is 0 Å². The third-order valence-electron chi connectivity index (χ3n) is 2.02. The number of hydrogen-bond donors (Lipinski definition) is 0. The maximum Gasteiger partial charge on any atom is 0.389 e. The van der Waals surface area contributed by atoms with Crippen LogP contribution in [0.3, 0.4) is 0 Å². The van der Waals surface area contributed by atoms with E-state index < -0.39 is 19.0 Å². The van der Waals surface area contributed by atoms with Gasteiger partial charge in [-0.15, -0.1) is 0 Å². The number of hydrogen-bond acceptors (Lipinski definition) is 3. The summed E-state index contributed by atoms with van der Waals surface area (Å²) in [5.74, 6) is -0.426. The van der Waals surface area contributed by atoms with Gasteiger partial charge in [-0.2, -0.15) is 4.39 Å². The van der Waals surface area contributed by atoms with Gasteiger partial charge in [-0.25, -0.2) is 4.39 Å². The molecular weight excluding hydrogens is 261 g/mol. The Morgan fingerprint density at radius 2 is 1.72 bits per heavy atom. The van der Waals surface area contributed by atoms with E-state index in [0.29, 0.717) is 5.56 Å². The molecule has 0 bridgehead atoms. The van der Waals surface area contributed by atoms with E-state index in [2.05, 4.69) is 0 Å². The number of rotatable bonds is 6. The quantitative estimate of drug-likeness (QED) is 0.724. The molecule has 0 N–H and O–H groups in total. The van der Waals surface area contributed by atoms with Crippen LogP contribution in [0.25, 0.3) is 6.08 Å². The van der Waals surface area contributed by atoms with E-state index in [4.69, 9.17) is 9.05 Å². The summed E-state index contributed by atoms with van der Waals surface area (Å²) in [5, 5.41) is 0. The molecule has 18 heavy (non-hydrogen) atoms. The molecule has 3 nitrogen and oxygen atoms in total. The van der Waals surface area contributed by atoms with Crippen LogP contribution in [0.15, 0.2) is 29.8 Å². The fourth-order valence-electron chi connectivity index (χ4n) is 1.28. The molecule has 0 saturated heterocycles. The van der Waals surface area contributed by atoms with Gasteiger partial charge in [-0.1, -0.05) is 12.1 Å². The molecule has 0 saturated carbocycles. The van der Waals surface area contributed by atoms with Crippen molar-refractivity contribution in [3.63, 3.8) is 0 Å². The largest absolute Gasteiger partial charge is 0.389 e. The van der Waals surface area contributed by atoms with Gasteiger partial charge in [0.2, 0.25) is 5.57 Å². The molecule has 0 aromatic heterocycles. The molecule has 0 unspecified atom stereocenters. The Morgan fingerprint density at radius 3 is 2.17 bits per heavy atom. The van der Waals surface area contributed by atoms with Gasteiger partial charge in [0.05, 0.1) is 13.2 Å². The molecule has 0 radical (unpaired) electrons. The van der Waals surface area contributed by atoms with Crippen molar-refractivity contribution in [2.45, 2.75) is 13.8 Å². The molecule has 0 heterocycles. The fourth-order valence-corrected chi connectivity index (χ4v) is 2.58. The summed E-state index contributed by atoms with van der Waals surface area (Å²) in [6, 6.07) is 5.12. The molecule has 100 valence electrons. The average Bonchev–Trinajstić information content (AvgIpc) is 2.32. The van der Waals surface area contributed by atoms with Gasteiger partial charge in [-0.05, 0) is 37.6 Å². The Bertz CT molecular complexity index is 447. The monoisotopic (exact) mass is 276 g/mol. The zero-order valence-corrected chi connectivity index (χ0v) is 11.1. The molecule has 0 spiro atoms. The number of halogens is 2. The second kappa shape index (κ2) is 6.78. The van der Waals surface area contributed by atoms with Crippen LogP contribution in [0.1, 0.15) is 19.4 Å². The summed E-state index contributed by atoms with van der Waals surface area (Å²) in [6.07, 6.45) is 1.02. The van der Waals surface area contributed by atoms with Crippen molar-refractivity contribution in [1.82, 2.24) is 0 Å². The van der Waals surface area contributed by atoms with E-state index in [-0.39, 0.29) is 13.2 Å². The van der Waals surface area contributed by atoms with Gasteiger partial charge in [0.15, 0.2) is 0 Å². The van der Waals surface area contributed by atoms with E-state index in [1.165, 1.54) is 24.3 Å². The van der Waals surface area contributed by atoms with E-state index in [1.54, 1.807) is 13.8 Å². The minimum Gasteiger partial charge on any atom is -0.304 e. The maximum absolute atomic E-state index is 13.9. The van der Waals surface area contributed by atoms with Gasteiger partial charge in [-0.3, -0.25) is 4.57 Å². The first-order chi connectivity index (χ1) is 8.51. The standard InChI is InChI=1S/C12H15F2O3P/c1-3-16-18(15,17-4-2)12(14)9-10-5-7-11(13)8-6-10/h5-9H,3-4H2,1-2H3/b12-9-. The lowest BCUT2D eigenvalue weighted by molar-refractivity contribution is 0.220. The van der Waals surface area contributed by atoms with Crippen LogP contribution in [0, 0.1) is 5.82 Å². The summed E-state index contributed by atoms with van der Waals surface area (Å²) in [7, 11) is -3.89.